The summed E-state index contributed by atoms with van der Waals surface area (Å²) in [5.74, 6) is -1.65. The molecule has 0 amide bonds. The van der Waals surface area contributed by atoms with Crippen molar-refractivity contribution in [2.24, 2.45) is 0 Å². The zero-order chi connectivity index (χ0) is 23.3. The second-order valence-corrected chi connectivity index (χ2v) is 7.73. The predicted molar refractivity (Wildman–Crippen MR) is 115 cm³/mol. The first-order valence-electron chi connectivity index (χ1n) is 10.5. The van der Waals surface area contributed by atoms with Crippen molar-refractivity contribution >= 4 is 5.97 Å². The Morgan fingerprint density at radius 1 is 1.03 bits per heavy atom. The van der Waals surface area contributed by atoms with Crippen molar-refractivity contribution in [3.05, 3.63) is 45.5 Å². The van der Waals surface area contributed by atoms with Crippen molar-refractivity contribution in [3.63, 3.8) is 0 Å². The Balaban J connectivity index is 2.09. The van der Waals surface area contributed by atoms with E-state index in [1.54, 1.807) is 0 Å². The van der Waals surface area contributed by atoms with E-state index in [0.29, 0.717) is 17.9 Å². The molecule has 1 atom stereocenters. The highest BCUT2D eigenvalue weighted by Crippen LogP contribution is 2.42. The van der Waals surface area contributed by atoms with Crippen LogP contribution in [0.5, 0.6) is 23.0 Å². The Bertz CT molecular complexity index is 985. The van der Waals surface area contributed by atoms with Crippen LogP contribution < -0.4 is 14.9 Å². The Labute approximate surface area is 186 Å². The van der Waals surface area contributed by atoms with Gasteiger partial charge in [-0.2, -0.15) is 0 Å². The standard InChI is InChI=1S/C23H29NO8/c1-29-18-9-14(10-19(30-2)22(18)28)16(12-20(26)31-3)23-21(27)17(25)11-15(32-23)13-24-7-5-4-6-8-24/h9-11,16,27-28H,4-8,12-13H2,1-3H3/t16-/m0/s1. The minimum absolute atomic E-state index is 0.0512. The summed E-state index contributed by atoms with van der Waals surface area (Å²) in [6.45, 7) is 2.23. The number of piperidine rings is 1. The van der Waals surface area contributed by atoms with Crippen LogP contribution >= 0.6 is 0 Å². The summed E-state index contributed by atoms with van der Waals surface area (Å²) in [4.78, 5) is 26.9. The molecule has 1 saturated heterocycles. The van der Waals surface area contributed by atoms with Gasteiger partial charge in [0.2, 0.25) is 16.9 Å². The van der Waals surface area contributed by atoms with Gasteiger partial charge in [0.05, 0.1) is 40.2 Å². The summed E-state index contributed by atoms with van der Waals surface area (Å²) >= 11 is 0. The van der Waals surface area contributed by atoms with Crippen LogP contribution in [0.1, 0.15) is 48.7 Å². The van der Waals surface area contributed by atoms with Gasteiger partial charge in [-0.1, -0.05) is 6.42 Å². The molecule has 3 rings (SSSR count). The molecule has 0 unspecified atom stereocenters. The third-order valence-corrected chi connectivity index (χ3v) is 5.65. The molecule has 0 bridgehead atoms. The zero-order valence-electron chi connectivity index (χ0n) is 18.6. The number of methoxy groups -OCH3 is 3. The van der Waals surface area contributed by atoms with Gasteiger partial charge in [-0.25, -0.2) is 0 Å². The molecule has 1 fully saturated rings. The molecule has 2 heterocycles. The van der Waals surface area contributed by atoms with E-state index in [4.69, 9.17) is 18.6 Å². The highest BCUT2D eigenvalue weighted by molar-refractivity contribution is 5.71. The molecule has 0 spiro atoms. The number of likely N-dealkylation sites (tertiary alicyclic amines) is 1. The normalized spacial score (nSPS) is 15.2. The van der Waals surface area contributed by atoms with Crippen molar-refractivity contribution in [2.75, 3.05) is 34.4 Å². The van der Waals surface area contributed by atoms with Crippen molar-refractivity contribution in [1.82, 2.24) is 4.90 Å². The fraction of sp³-hybridized carbons (Fsp3) is 0.478. The van der Waals surface area contributed by atoms with Crippen molar-refractivity contribution in [1.29, 1.82) is 0 Å². The highest BCUT2D eigenvalue weighted by atomic mass is 16.5. The van der Waals surface area contributed by atoms with Gasteiger partial charge in [-0.15, -0.1) is 0 Å². The van der Waals surface area contributed by atoms with Gasteiger partial charge in [0.25, 0.3) is 0 Å². The number of ether oxygens (including phenoxy) is 3. The maximum atomic E-state index is 12.6. The Hall–Kier alpha value is -3.20. The van der Waals surface area contributed by atoms with Crippen LogP contribution in [0.15, 0.2) is 27.4 Å². The maximum absolute atomic E-state index is 12.6. The van der Waals surface area contributed by atoms with Gasteiger partial charge in [-0.3, -0.25) is 14.5 Å². The quantitative estimate of drug-likeness (QED) is 0.589. The Morgan fingerprint density at radius 3 is 2.22 bits per heavy atom. The second-order valence-electron chi connectivity index (χ2n) is 7.73. The molecule has 9 heteroatoms. The van der Waals surface area contributed by atoms with Crippen molar-refractivity contribution in [2.45, 2.75) is 38.1 Å². The molecule has 1 aliphatic heterocycles. The third-order valence-electron chi connectivity index (χ3n) is 5.65. The largest absolute Gasteiger partial charge is 0.502 e. The lowest BCUT2D eigenvalue weighted by atomic mass is 9.91. The molecular weight excluding hydrogens is 418 g/mol. The number of benzene rings is 1. The van der Waals surface area contributed by atoms with Gasteiger partial charge in [0, 0.05) is 6.07 Å². The van der Waals surface area contributed by atoms with E-state index in [9.17, 15) is 19.8 Å². The number of hydrogen-bond acceptors (Lipinski definition) is 9. The molecule has 1 aromatic heterocycles. The van der Waals surface area contributed by atoms with E-state index >= 15 is 0 Å². The SMILES string of the molecule is COC(=O)C[C@@H](c1cc(OC)c(O)c(OC)c1)c1oc(CN2CCCCC2)cc(=O)c1O. The van der Waals surface area contributed by atoms with Gasteiger partial charge < -0.3 is 28.8 Å². The minimum Gasteiger partial charge on any atom is -0.502 e. The molecule has 2 aromatic rings. The van der Waals surface area contributed by atoms with Gasteiger partial charge >= 0.3 is 5.97 Å². The Morgan fingerprint density at radius 2 is 1.66 bits per heavy atom. The number of carbonyl (C=O) groups is 1. The summed E-state index contributed by atoms with van der Waals surface area (Å²) in [6.07, 6.45) is 3.12. The van der Waals surface area contributed by atoms with Crippen LogP contribution in [-0.2, 0) is 16.1 Å². The van der Waals surface area contributed by atoms with E-state index in [1.807, 2.05) is 0 Å². The number of nitrogens with zero attached hydrogens (tertiary/aromatic N) is 1. The van der Waals surface area contributed by atoms with Crippen LogP contribution in [0.25, 0.3) is 0 Å². The maximum Gasteiger partial charge on any atom is 0.306 e. The third kappa shape index (κ3) is 5.16. The zero-order valence-corrected chi connectivity index (χ0v) is 18.6. The lowest BCUT2D eigenvalue weighted by molar-refractivity contribution is -0.140. The number of hydrogen-bond donors (Lipinski definition) is 2. The van der Waals surface area contributed by atoms with Crippen LogP contribution in [0.2, 0.25) is 0 Å². The minimum atomic E-state index is -0.875. The molecule has 174 valence electrons. The smallest absolute Gasteiger partial charge is 0.306 e. The van der Waals surface area contributed by atoms with Crippen LogP contribution in [0.3, 0.4) is 0 Å². The lowest BCUT2D eigenvalue weighted by Crippen LogP contribution is -2.29. The monoisotopic (exact) mass is 447 g/mol. The Kier molecular flexibility index (Phi) is 7.63. The number of aromatic hydroxyl groups is 2. The molecular formula is C23H29NO8. The number of phenolic OH excluding ortho intramolecular Hbond substituents is 1. The highest BCUT2D eigenvalue weighted by Gasteiger charge is 2.29. The van der Waals surface area contributed by atoms with E-state index in [2.05, 4.69) is 4.90 Å². The summed E-state index contributed by atoms with van der Waals surface area (Å²) in [5, 5.41) is 20.8. The molecule has 32 heavy (non-hydrogen) atoms. The summed E-state index contributed by atoms with van der Waals surface area (Å²) in [6, 6.07) is 4.28. The van der Waals surface area contributed by atoms with Crippen LogP contribution in [-0.4, -0.2) is 55.5 Å². The first-order chi connectivity index (χ1) is 15.4. The number of esters is 1. The fourth-order valence-corrected chi connectivity index (χ4v) is 3.93. The fourth-order valence-electron chi connectivity index (χ4n) is 3.93. The van der Waals surface area contributed by atoms with E-state index in [-0.39, 0.29) is 29.4 Å². The molecule has 0 radical (unpaired) electrons. The average molecular weight is 447 g/mol. The number of carbonyl (C=O) groups excluding carboxylic acids is 1. The predicted octanol–water partition coefficient (Wildman–Crippen LogP) is 2.75. The van der Waals surface area contributed by atoms with Gasteiger partial charge in [0.1, 0.15) is 5.76 Å². The topological polar surface area (TPSA) is 119 Å². The summed E-state index contributed by atoms with van der Waals surface area (Å²) in [5.41, 5.74) is -0.152. The van der Waals surface area contributed by atoms with Gasteiger partial charge in [-0.05, 0) is 43.6 Å². The number of rotatable bonds is 8. The van der Waals surface area contributed by atoms with E-state index in [0.717, 1.165) is 25.9 Å². The molecule has 2 N–H and O–H groups in total. The first-order valence-corrected chi connectivity index (χ1v) is 10.5. The van der Waals surface area contributed by atoms with E-state index in [1.165, 1.54) is 45.9 Å². The molecule has 0 aliphatic carbocycles. The second kappa shape index (κ2) is 10.4. The van der Waals surface area contributed by atoms with E-state index < -0.39 is 23.1 Å². The first kappa shape index (κ1) is 23.5. The molecule has 1 aliphatic rings. The lowest BCUT2D eigenvalue weighted by Gasteiger charge is -2.26. The molecule has 1 aromatic carbocycles. The van der Waals surface area contributed by atoms with Crippen molar-refractivity contribution < 1.29 is 33.6 Å². The van der Waals surface area contributed by atoms with Crippen LogP contribution in [0.4, 0.5) is 0 Å². The molecule has 0 saturated carbocycles. The van der Waals surface area contributed by atoms with Crippen molar-refractivity contribution in [3.8, 4) is 23.0 Å². The molecule has 9 nitrogen and oxygen atoms in total. The summed E-state index contributed by atoms with van der Waals surface area (Å²) in [7, 11) is 4.01. The average Bonchev–Trinajstić information content (AvgIpc) is 2.80. The van der Waals surface area contributed by atoms with Gasteiger partial charge in [0.15, 0.2) is 17.3 Å². The number of phenols is 1. The summed E-state index contributed by atoms with van der Waals surface area (Å²) < 4.78 is 21.2. The van der Waals surface area contributed by atoms with Crippen LogP contribution in [0, 0.1) is 0 Å².